The van der Waals surface area contributed by atoms with E-state index in [0.29, 0.717) is 11.4 Å². The molecule has 1 aliphatic rings. The van der Waals surface area contributed by atoms with Gasteiger partial charge < -0.3 is 4.57 Å². The Balaban J connectivity index is 2.35. The minimum Gasteiger partial charge on any atom is -0.343 e. The van der Waals surface area contributed by atoms with Gasteiger partial charge in [-0.25, -0.2) is 4.39 Å². The monoisotopic (exact) mass is 256 g/mol. The number of pyridine rings is 1. The first-order valence-electron chi connectivity index (χ1n) is 6.45. The smallest absolute Gasteiger partial charge is 0.207 e. The third-order valence-corrected chi connectivity index (χ3v) is 3.83. The van der Waals surface area contributed by atoms with Crippen molar-refractivity contribution in [3.05, 3.63) is 46.0 Å². The van der Waals surface area contributed by atoms with Crippen LogP contribution in [-0.4, -0.2) is 4.57 Å². The first-order valence-corrected chi connectivity index (χ1v) is 6.45. The van der Waals surface area contributed by atoms with E-state index in [4.69, 9.17) is 5.26 Å². The molecule has 0 N–H and O–H groups in total. The third-order valence-electron chi connectivity index (χ3n) is 3.83. The maximum Gasteiger partial charge on any atom is 0.207 e. The van der Waals surface area contributed by atoms with Gasteiger partial charge in [-0.3, -0.25) is 4.79 Å². The molecule has 0 atom stereocenters. The maximum atomic E-state index is 13.3. The van der Waals surface area contributed by atoms with Crippen molar-refractivity contribution in [3.63, 3.8) is 0 Å². The molecule has 1 aromatic heterocycles. The maximum absolute atomic E-state index is 13.3. The zero-order valence-electron chi connectivity index (χ0n) is 10.4. The second-order valence-electron chi connectivity index (χ2n) is 4.99. The molecule has 0 unspecified atom stereocenters. The predicted molar refractivity (Wildman–Crippen MR) is 70.4 cm³/mol. The third kappa shape index (κ3) is 1.91. The van der Waals surface area contributed by atoms with E-state index in [0.717, 1.165) is 31.2 Å². The van der Waals surface area contributed by atoms with Gasteiger partial charge in [-0.15, -0.1) is 0 Å². The number of halogens is 1. The highest BCUT2D eigenvalue weighted by Gasteiger charge is 2.19. The van der Waals surface area contributed by atoms with E-state index >= 15 is 0 Å². The molecule has 3 nitrogen and oxygen atoms in total. The van der Waals surface area contributed by atoms with Crippen LogP contribution in [0.3, 0.4) is 0 Å². The van der Waals surface area contributed by atoms with Crippen LogP contribution in [0.4, 0.5) is 4.39 Å². The minimum absolute atomic E-state index is 0.0880. The quantitative estimate of drug-likeness (QED) is 0.786. The number of aromatic nitrogens is 1. The van der Waals surface area contributed by atoms with Gasteiger partial charge in [0.2, 0.25) is 5.43 Å². The van der Waals surface area contributed by atoms with Gasteiger partial charge in [-0.1, -0.05) is 12.8 Å². The van der Waals surface area contributed by atoms with Crippen LogP contribution in [0.15, 0.2) is 29.2 Å². The summed E-state index contributed by atoms with van der Waals surface area (Å²) in [6.45, 7) is 0. The summed E-state index contributed by atoms with van der Waals surface area (Å²) in [6.07, 6.45) is 6.02. The molecule has 1 aromatic carbocycles. The van der Waals surface area contributed by atoms with Crippen molar-refractivity contribution in [1.82, 2.24) is 4.57 Å². The zero-order valence-corrected chi connectivity index (χ0v) is 10.4. The Labute approximate surface area is 109 Å². The second-order valence-corrected chi connectivity index (χ2v) is 4.99. The molecular weight excluding hydrogens is 243 g/mol. The molecule has 19 heavy (non-hydrogen) atoms. The average molecular weight is 256 g/mol. The first-order chi connectivity index (χ1) is 9.20. The number of nitrogens with zero attached hydrogens (tertiary/aromatic N) is 2. The largest absolute Gasteiger partial charge is 0.343 e. The number of nitriles is 1. The molecule has 1 heterocycles. The Morgan fingerprint density at radius 1 is 1.32 bits per heavy atom. The van der Waals surface area contributed by atoms with Crippen molar-refractivity contribution in [2.45, 2.75) is 31.7 Å². The van der Waals surface area contributed by atoms with Crippen LogP contribution >= 0.6 is 0 Å². The summed E-state index contributed by atoms with van der Waals surface area (Å²) >= 11 is 0. The fourth-order valence-corrected chi connectivity index (χ4v) is 2.89. The van der Waals surface area contributed by atoms with Crippen molar-refractivity contribution in [1.29, 1.82) is 5.26 Å². The number of hydrogen-bond acceptors (Lipinski definition) is 2. The van der Waals surface area contributed by atoms with Crippen LogP contribution in [0.1, 0.15) is 37.3 Å². The SMILES string of the molecule is N#Cc1cn(C2CCCC2)c2ccc(F)cc2c1=O. The van der Waals surface area contributed by atoms with Gasteiger partial charge in [0.1, 0.15) is 17.4 Å². The highest BCUT2D eigenvalue weighted by molar-refractivity contribution is 5.80. The molecule has 0 radical (unpaired) electrons. The Morgan fingerprint density at radius 3 is 2.74 bits per heavy atom. The van der Waals surface area contributed by atoms with Crippen LogP contribution in [0.2, 0.25) is 0 Å². The molecule has 0 bridgehead atoms. The number of rotatable bonds is 1. The van der Waals surface area contributed by atoms with Gasteiger partial charge in [0, 0.05) is 17.6 Å². The summed E-state index contributed by atoms with van der Waals surface area (Å²) in [7, 11) is 0. The van der Waals surface area contributed by atoms with Gasteiger partial charge in [-0.05, 0) is 31.0 Å². The summed E-state index contributed by atoms with van der Waals surface area (Å²) in [5, 5.41) is 9.35. The lowest BCUT2D eigenvalue weighted by molar-refractivity contribution is 0.531. The molecular formula is C15H13FN2O. The van der Waals surface area contributed by atoms with Gasteiger partial charge >= 0.3 is 0 Å². The standard InChI is InChI=1S/C15H13FN2O/c16-11-5-6-14-13(7-11)15(19)10(8-17)9-18(14)12-3-1-2-4-12/h5-7,9,12H,1-4H2. The van der Waals surface area contributed by atoms with Crippen LogP contribution < -0.4 is 5.43 Å². The lowest BCUT2D eigenvalue weighted by Gasteiger charge is -2.18. The van der Waals surface area contributed by atoms with Gasteiger partial charge in [0.25, 0.3) is 0 Å². The fraction of sp³-hybridized carbons (Fsp3) is 0.333. The summed E-state index contributed by atoms with van der Waals surface area (Å²) in [5.41, 5.74) is 0.425. The Hall–Kier alpha value is -2.15. The van der Waals surface area contributed by atoms with E-state index in [1.807, 2.05) is 10.6 Å². The normalized spacial score (nSPS) is 15.8. The van der Waals surface area contributed by atoms with Crippen molar-refractivity contribution < 1.29 is 4.39 Å². The van der Waals surface area contributed by atoms with Gasteiger partial charge in [0.15, 0.2) is 0 Å². The van der Waals surface area contributed by atoms with E-state index < -0.39 is 5.82 Å². The number of fused-ring (bicyclic) bond motifs is 1. The molecule has 3 rings (SSSR count). The average Bonchev–Trinajstić information content (AvgIpc) is 2.93. The summed E-state index contributed by atoms with van der Waals surface area (Å²) < 4.78 is 15.3. The molecule has 96 valence electrons. The lowest BCUT2D eigenvalue weighted by atomic mass is 10.1. The molecule has 0 aliphatic heterocycles. The molecule has 0 amide bonds. The van der Waals surface area contributed by atoms with Crippen LogP contribution in [0.25, 0.3) is 10.9 Å². The van der Waals surface area contributed by atoms with Crippen LogP contribution in [0.5, 0.6) is 0 Å². The Morgan fingerprint density at radius 2 is 2.05 bits per heavy atom. The van der Waals surface area contributed by atoms with Gasteiger partial charge in [-0.2, -0.15) is 5.26 Å². The topological polar surface area (TPSA) is 45.8 Å². The Kier molecular flexibility index (Phi) is 2.83. The lowest BCUT2D eigenvalue weighted by Crippen LogP contribution is -2.15. The van der Waals surface area contributed by atoms with Crippen molar-refractivity contribution in [2.75, 3.05) is 0 Å². The predicted octanol–water partition coefficient (Wildman–Crippen LogP) is 3.13. The van der Waals surface area contributed by atoms with E-state index in [1.54, 1.807) is 12.3 Å². The molecule has 1 saturated carbocycles. The molecule has 1 aliphatic carbocycles. The van der Waals surface area contributed by atoms with Crippen molar-refractivity contribution in [2.24, 2.45) is 0 Å². The van der Waals surface area contributed by atoms with E-state index in [-0.39, 0.29) is 11.0 Å². The molecule has 2 aromatic rings. The zero-order chi connectivity index (χ0) is 13.4. The molecule has 0 saturated heterocycles. The first kappa shape index (κ1) is 11.9. The van der Waals surface area contributed by atoms with Crippen molar-refractivity contribution in [3.8, 4) is 6.07 Å². The minimum atomic E-state index is -0.447. The second kappa shape index (κ2) is 4.51. The van der Waals surface area contributed by atoms with Crippen LogP contribution in [-0.2, 0) is 0 Å². The molecule has 4 heteroatoms. The fourth-order valence-electron chi connectivity index (χ4n) is 2.89. The van der Waals surface area contributed by atoms with E-state index in [1.165, 1.54) is 12.1 Å². The number of benzene rings is 1. The summed E-state index contributed by atoms with van der Waals surface area (Å²) in [6, 6.07) is 6.44. The summed E-state index contributed by atoms with van der Waals surface area (Å²) in [5.74, 6) is -0.447. The van der Waals surface area contributed by atoms with Gasteiger partial charge in [0.05, 0.1) is 5.52 Å². The summed E-state index contributed by atoms with van der Waals surface area (Å²) in [4.78, 5) is 12.1. The van der Waals surface area contributed by atoms with Crippen molar-refractivity contribution >= 4 is 10.9 Å². The van der Waals surface area contributed by atoms with Crippen LogP contribution in [0, 0.1) is 17.1 Å². The van der Waals surface area contributed by atoms with E-state index in [2.05, 4.69) is 0 Å². The molecule has 0 spiro atoms. The highest BCUT2D eigenvalue weighted by atomic mass is 19.1. The number of hydrogen-bond donors (Lipinski definition) is 0. The van der Waals surface area contributed by atoms with E-state index in [9.17, 15) is 9.18 Å². The molecule has 1 fully saturated rings. The Bertz CT molecular complexity index is 736. The highest BCUT2D eigenvalue weighted by Crippen LogP contribution is 2.31.